The van der Waals surface area contributed by atoms with Gasteiger partial charge >= 0.3 is 0 Å². The molecule has 6 aliphatic rings. The fraction of sp³-hybridized carbons (Fsp3) is 0.659. The Labute approximate surface area is 271 Å². The molecule has 2 aromatic rings. The highest BCUT2D eigenvalue weighted by molar-refractivity contribution is 6.01. The summed E-state index contributed by atoms with van der Waals surface area (Å²) in [5.74, 6) is 3.12. The summed E-state index contributed by atoms with van der Waals surface area (Å²) in [5.41, 5.74) is 10.9. The third-order valence-corrected chi connectivity index (χ3v) is 12.7. The van der Waals surface area contributed by atoms with E-state index < -0.39 is 0 Å². The third kappa shape index (κ3) is 4.82. The number of benzene rings is 2. The largest absolute Gasteiger partial charge is 0.475 e. The molecule has 2 aliphatic heterocycles. The zero-order valence-corrected chi connectivity index (χ0v) is 28.7. The standard InChI is InChI=1S/C41H54N2O2/c1-25-17-29(37-42-33(21-44-37)27-13-9-7-10-14-27)35-31(19-25)39(3,4)23-41(35)24-40(5,6)32-20-26(2)18-30(36(32)41)38-43-34(22-45-38)28-15-11-8-12-16-28/h17-20,27-28,33-34H,7-16,21-24H2,1-6H3/t33-,34-,41?/m1/s1. The molecule has 240 valence electrons. The van der Waals surface area contributed by atoms with Crippen LogP contribution < -0.4 is 0 Å². The van der Waals surface area contributed by atoms with Gasteiger partial charge in [0.1, 0.15) is 13.2 Å². The predicted molar refractivity (Wildman–Crippen MR) is 184 cm³/mol. The van der Waals surface area contributed by atoms with Crippen molar-refractivity contribution in [1.29, 1.82) is 0 Å². The molecule has 8 rings (SSSR count). The molecule has 2 atom stereocenters. The van der Waals surface area contributed by atoms with Crippen molar-refractivity contribution < 1.29 is 9.47 Å². The van der Waals surface area contributed by atoms with Gasteiger partial charge in [-0.25, -0.2) is 9.98 Å². The van der Waals surface area contributed by atoms with Gasteiger partial charge in [-0.3, -0.25) is 0 Å². The van der Waals surface area contributed by atoms with Gasteiger partial charge in [-0.05, 0) is 109 Å². The summed E-state index contributed by atoms with van der Waals surface area (Å²) >= 11 is 0. The van der Waals surface area contributed by atoms with E-state index in [2.05, 4.69) is 65.8 Å². The van der Waals surface area contributed by atoms with E-state index >= 15 is 0 Å². The van der Waals surface area contributed by atoms with Gasteiger partial charge in [-0.2, -0.15) is 0 Å². The molecule has 0 saturated heterocycles. The van der Waals surface area contributed by atoms with E-state index in [1.54, 1.807) is 0 Å². The van der Waals surface area contributed by atoms with Crippen LogP contribution >= 0.6 is 0 Å². The molecule has 45 heavy (non-hydrogen) atoms. The Kier molecular flexibility index (Phi) is 7.08. The Morgan fingerprint density at radius 3 is 1.38 bits per heavy atom. The number of nitrogens with zero attached hydrogens (tertiary/aromatic N) is 2. The Bertz CT molecular complexity index is 1450. The zero-order chi connectivity index (χ0) is 31.1. The molecule has 0 amide bonds. The molecule has 2 aromatic carbocycles. The fourth-order valence-electron chi connectivity index (χ4n) is 10.8. The molecule has 0 unspecified atom stereocenters. The van der Waals surface area contributed by atoms with E-state index in [4.69, 9.17) is 19.5 Å². The first-order chi connectivity index (χ1) is 21.6. The van der Waals surface area contributed by atoms with Gasteiger partial charge in [0.25, 0.3) is 0 Å². The number of rotatable bonds is 4. The topological polar surface area (TPSA) is 43.2 Å². The van der Waals surface area contributed by atoms with E-state index in [0.717, 1.165) is 37.9 Å². The minimum Gasteiger partial charge on any atom is -0.475 e. The van der Waals surface area contributed by atoms with Crippen molar-refractivity contribution in [2.45, 2.75) is 147 Å². The number of fused-ring (bicyclic) bond motifs is 4. The molecule has 4 aliphatic carbocycles. The van der Waals surface area contributed by atoms with E-state index in [9.17, 15) is 0 Å². The van der Waals surface area contributed by atoms with Crippen molar-refractivity contribution in [2.24, 2.45) is 21.8 Å². The lowest BCUT2D eigenvalue weighted by Crippen LogP contribution is -2.30. The second-order valence-electron chi connectivity index (χ2n) is 17.1. The zero-order valence-electron chi connectivity index (χ0n) is 28.7. The molecule has 1 spiro atoms. The second-order valence-corrected chi connectivity index (χ2v) is 17.1. The van der Waals surface area contributed by atoms with Crippen molar-refractivity contribution in [3.8, 4) is 0 Å². The van der Waals surface area contributed by atoms with Crippen LogP contribution in [0.25, 0.3) is 0 Å². The van der Waals surface area contributed by atoms with E-state index in [0.29, 0.717) is 23.9 Å². The highest BCUT2D eigenvalue weighted by Gasteiger charge is 2.59. The summed E-state index contributed by atoms with van der Waals surface area (Å²) in [4.78, 5) is 10.8. The molecule has 4 heteroatoms. The minimum absolute atomic E-state index is 0.0286. The lowest BCUT2D eigenvalue weighted by atomic mass is 9.70. The van der Waals surface area contributed by atoms with Crippen LogP contribution in [0.5, 0.6) is 0 Å². The quantitative estimate of drug-likeness (QED) is 0.348. The maximum Gasteiger partial charge on any atom is 0.216 e. The molecular weight excluding hydrogens is 552 g/mol. The molecule has 0 N–H and O–H groups in total. The first-order valence-electron chi connectivity index (χ1n) is 18.3. The second kappa shape index (κ2) is 10.7. The number of aliphatic imine (C=N–C) groups is 2. The van der Waals surface area contributed by atoms with Crippen molar-refractivity contribution >= 4 is 11.8 Å². The van der Waals surface area contributed by atoms with Crippen molar-refractivity contribution in [2.75, 3.05) is 13.2 Å². The van der Waals surface area contributed by atoms with Crippen molar-refractivity contribution in [3.63, 3.8) is 0 Å². The maximum absolute atomic E-state index is 6.63. The lowest BCUT2D eigenvalue weighted by molar-refractivity contribution is 0.240. The van der Waals surface area contributed by atoms with Crippen molar-refractivity contribution in [3.05, 3.63) is 68.8 Å². The Morgan fingerprint density at radius 1 is 0.578 bits per heavy atom. The Balaban J connectivity index is 1.30. The van der Waals surface area contributed by atoms with Crippen LogP contribution in [0.15, 0.2) is 34.3 Å². The molecule has 2 saturated carbocycles. The highest BCUT2D eigenvalue weighted by atomic mass is 16.5. The number of ether oxygens (including phenoxy) is 2. The summed E-state index contributed by atoms with van der Waals surface area (Å²) in [5, 5.41) is 0. The van der Waals surface area contributed by atoms with Crippen LogP contribution in [0.3, 0.4) is 0 Å². The molecule has 2 fully saturated rings. The van der Waals surface area contributed by atoms with Gasteiger partial charge < -0.3 is 9.47 Å². The van der Waals surface area contributed by atoms with E-state index in [-0.39, 0.29) is 16.2 Å². The minimum atomic E-state index is -0.145. The molecule has 4 nitrogen and oxygen atoms in total. The van der Waals surface area contributed by atoms with Crippen LogP contribution in [-0.4, -0.2) is 37.1 Å². The number of aryl methyl sites for hydroxylation is 2. The van der Waals surface area contributed by atoms with Gasteiger partial charge in [0, 0.05) is 16.5 Å². The SMILES string of the molecule is Cc1cc(C2=N[C@@H](C3CCCCC3)CO2)c2c(c1)C(C)(C)CC21CC(C)(C)c2cc(C)cc(C3=N[C@@H](C4CCCCC4)CO3)c21. The summed E-state index contributed by atoms with van der Waals surface area (Å²) in [6.45, 7) is 15.8. The Morgan fingerprint density at radius 2 is 0.978 bits per heavy atom. The molecule has 0 bridgehead atoms. The van der Waals surface area contributed by atoms with Crippen LogP contribution in [0, 0.1) is 25.7 Å². The van der Waals surface area contributed by atoms with Crippen LogP contribution in [-0.2, 0) is 25.7 Å². The fourth-order valence-corrected chi connectivity index (χ4v) is 10.8. The van der Waals surface area contributed by atoms with Crippen LogP contribution in [0.1, 0.15) is 149 Å². The van der Waals surface area contributed by atoms with Gasteiger partial charge in [0.15, 0.2) is 0 Å². The lowest BCUT2D eigenvalue weighted by Gasteiger charge is -2.33. The molecule has 0 aromatic heterocycles. The number of hydrogen-bond acceptors (Lipinski definition) is 4. The normalized spacial score (nSPS) is 28.4. The molecular formula is C41H54N2O2. The van der Waals surface area contributed by atoms with Crippen LogP contribution in [0.2, 0.25) is 0 Å². The summed E-state index contributed by atoms with van der Waals surface area (Å²) in [6, 6.07) is 10.3. The smallest absolute Gasteiger partial charge is 0.216 e. The van der Waals surface area contributed by atoms with Crippen molar-refractivity contribution in [1.82, 2.24) is 0 Å². The van der Waals surface area contributed by atoms with Gasteiger partial charge in [0.2, 0.25) is 11.8 Å². The van der Waals surface area contributed by atoms with Gasteiger partial charge in [-0.1, -0.05) is 89.5 Å². The van der Waals surface area contributed by atoms with Crippen LogP contribution in [0.4, 0.5) is 0 Å². The third-order valence-electron chi connectivity index (χ3n) is 12.7. The average Bonchev–Trinajstić information content (AvgIpc) is 3.78. The first kappa shape index (κ1) is 29.8. The summed E-state index contributed by atoms with van der Waals surface area (Å²) < 4.78 is 13.3. The van der Waals surface area contributed by atoms with E-state index in [1.807, 2.05) is 0 Å². The monoisotopic (exact) mass is 606 g/mol. The predicted octanol–water partition coefficient (Wildman–Crippen LogP) is 9.40. The van der Waals surface area contributed by atoms with Gasteiger partial charge in [-0.15, -0.1) is 0 Å². The van der Waals surface area contributed by atoms with E-state index in [1.165, 1.54) is 109 Å². The highest BCUT2D eigenvalue weighted by Crippen LogP contribution is 2.64. The van der Waals surface area contributed by atoms with Gasteiger partial charge in [0.05, 0.1) is 12.1 Å². The summed E-state index contributed by atoms with van der Waals surface area (Å²) in [7, 11) is 0. The molecule has 2 heterocycles. The summed E-state index contributed by atoms with van der Waals surface area (Å²) in [6.07, 6.45) is 15.4. The number of hydrogen-bond donors (Lipinski definition) is 0. The maximum atomic E-state index is 6.63. The molecule has 0 radical (unpaired) electrons. The average molecular weight is 607 g/mol. The first-order valence-corrected chi connectivity index (χ1v) is 18.3. The Hall–Kier alpha value is -2.62.